The van der Waals surface area contributed by atoms with Gasteiger partial charge in [-0.05, 0) is 12.1 Å². The molecule has 1 unspecified atom stereocenters. The van der Waals surface area contributed by atoms with E-state index in [-0.39, 0.29) is 11.7 Å². The molecule has 1 rings (SSSR count). The highest BCUT2D eigenvalue weighted by Gasteiger charge is 2.06. The molecule has 0 saturated heterocycles. The van der Waals surface area contributed by atoms with E-state index < -0.39 is 6.17 Å². The Morgan fingerprint density at radius 3 is 2.88 bits per heavy atom. The van der Waals surface area contributed by atoms with Crippen molar-refractivity contribution in [1.82, 2.24) is 10.3 Å². The van der Waals surface area contributed by atoms with Crippen molar-refractivity contribution in [2.75, 3.05) is 0 Å². The van der Waals surface area contributed by atoms with E-state index in [9.17, 15) is 0 Å². The molecule has 0 amide bonds. The molecular formula is C10H14N6. The number of aliphatic imine (C=N–C) groups is 1. The summed E-state index contributed by atoms with van der Waals surface area (Å²) in [6.45, 7) is 3.51. The summed E-state index contributed by atoms with van der Waals surface area (Å²) in [5.41, 5.74) is 10.9. The van der Waals surface area contributed by atoms with Crippen LogP contribution < -0.4 is 16.8 Å². The third-order valence-corrected chi connectivity index (χ3v) is 1.69. The molecule has 1 aromatic heterocycles. The van der Waals surface area contributed by atoms with E-state index in [0.29, 0.717) is 5.82 Å². The minimum absolute atomic E-state index is 0.172. The van der Waals surface area contributed by atoms with Crippen LogP contribution in [0.15, 0.2) is 42.0 Å². The van der Waals surface area contributed by atoms with Crippen LogP contribution in [0.1, 0.15) is 0 Å². The minimum atomic E-state index is -0.508. The maximum absolute atomic E-state index is 7.34. The first-order valence-corrected chi connectivity index (χ1v) is 4.62. The highest BCUT2D eigenvalue weighted by molar-refractivity contribution is 6.39. The van der Waals surface area contributed by atoms with Crippen molar-refractivity contribution in [3.8, 4) is 0 Å². The molecule has 0 bridgehead atoms. The second kappa shape index (κ2) is 5.62. The van der Waals surface area contributed by atoms with Crippen LogP contribution in [0.3, 0.4) is 0 Å². The van der Waals surface area contributed by atoms with Crippen LogP contribution in [0, 0.1) is 5.41 Å². The number of hydrogen-bond donors (Lipinski definition) is 4. The Kier molecular flexibility index (Phi) is 4.16. The summed E-state index contributed by atoms with van der Waals surface area (Å²) in [6.07, 6.45) is 2.58. The van der Waals surface area contributed by atoms with E-state index in [4.69, 9.17) is 16.9 Å². The van der Waals surface area contributed by atoms with Crippen molar-refractivity contribution >= 4 is 17.5 Å². The van der Waals surface area contributed by atoms with Gasteiger partial charge in [-0.3, -0.25) is 5.41 Å². The lowest BCUT2D eigenvalue weighted by molar-refractivity contribution is 0.773. The average molecular weight is 218 g/mol. The normalized spacial score (nSPS) is 12.9. The predicted molar refractivity (Wildman–Crippen MR) is 64.6 cm³/mol. The van der Waals surface area contributed by atoms with Gasteiger partial charge in [0.05, 0.1) is 6.17 Å². The van der Waals surface area contributed by atoms with Gasteiger partial charge < -0.3 is 16.8 Å². The van der Waals surface area contributed by atoms with Crippen molar-refractivity contribution in [2.24, 2.45) is 16.5 Å². The lowest BCUT2D eigenvalue weighted by Crippen LogP contribution is -2.45. The number of aromatic nitrogens is 1. The molecule has 0 fully saturated rings. The molecule has 6 N–H and O–H groups in total. The molecule has 0 saturated carbocycles. The summed E-state index contributed by atoms with van der Waals surface area (Å²) in [4.78, 5) is 8.05. The molecule has 0 aromatic carbocycles. The predicted octanol–water partition coefficient (Wildman–Crippen LogP) is 0.108. The van der Waals surface area contributed by atoms with Crippen molar-refractivity contribution in [2.45, 2.75) is 6.17 Å². The second-order valence-corrected chi connectivity index (χ2v) is 2.97. The summed E-state index contributed by atoms with van der Waals surface area (Å²) >= 11 is 0. The van der Waals surface area contributed by atoms with Gasteiger partial charge in [-0.15, -0.1) is 0 Å². The minimum Gasteiger partial charge on any atom is -0.381 e. The second-order valence-electron chi connectivity index (χ2n) is 2.97. The van der Waals surface area contributed by atoms with E-state index in [1.807, 2.05) is 0 Å². The van der Waals surface area contributed by atoms with Crippen LogP contribution in [0.25, 0.3) is 0 Å². The highest BCUT2D eigenvalue weighted by Crippen LogP contribution is 2.04. The van der Waals surface area contributed by atoms with Gasteiger partial charge in [0.25, 0.3) is 0 Å². The number of pyridine rings is 1. The number of amidine groups is 2. The van der Waals surface area contributed by atoms with Gasteiger partial charge in [-0.25, -0.2) is 9.98 Å². The fourth-order valence-electron chi connectivity index (χ4n) is 0.921. The first-order chi connectivity index (χ1) is 7.63. The molecule has 1 atom stereocenters. The summed E-state index contributed by atoms with van der Waals surface area (Å²) < 4.78 is 0. The molecule has 0 spiro atoms. The number of nitrogens with one attached hydrogen (secondary N) is 2. The quantitative estimate of drug-likeness (QED) is 0.249. The zero-order valence-electron chi connectivity index (χ0n) is 8.72. The highest BCUT2D eigenvalue weighted by atomic mass is 15.1. The SMILES string of the molecule is C=CC(N)NC(=Nc1ccccn1)C(=N)N. The number of hydrogen-bond acceptors (Lipinski definition) is 4. The smallest absolute Gasteiger partial charge is 0.172 e. The Bertz CT molecular complexity index is 397. The molecule has 6 heteroatoms. The lowest BCUT2D eigenvalue weighted by Gasteiger charge is -2.11. The molecular weight excluding hydrogens is 204 g/mol. The Hall–Kier alpha value is -2.21. The monoisotopic (exact) mass is 218 g/mol. The Morgan fingerprint density at radius 2 is 2.38 bits per heavy atom. The molecule has 16 heavy (non-hydrogen) atoms. The molecule has 0 aliphatic rings. The maximum Gasteiger partial charge on any atom is 0.172 e. The van der Waals surface area contributed by atoms with Crippen LogP contribution >= 0.6 is 0 Å². The van der Waals surface area contributed by atoms with Crippen molar-refractivity contribution < 1.29 is 0 Å². The van der Waals surface area contributed by atoms with E-state index >= 15 is 0 Å². The fraction of sp³-hybridized carbons (Fsp3) is 0.100. The maximum atomic E-state index is 7.34. The standard InChI is InChI=1S/C10H14N6/c1-2-7(11)15-10(9(12)13)16-8-5-3-4-6-14-8/h2-7H,1,11H2,(H3,12,13)(H,14,15,16). The summed E-state index contributed by atoms with van der Waals surface area (Å²) in [6, 6.07) is 5.26. The van der Waals surface area contributed by atoms with E-state index in [1.54, 1.807) is 24.4 Å². The average Bonchev–Trinajstić information content (AvgIpc) is 2.29. The molecule has 0 radical (unpaired) electrons. The third-order valence-electron chi connectivity index (χ3n) is 1.69. The van der Waals surface area contributed by atoms with Crippen molar-refractivity contribution in [3.05, 3.63) is 37.1 Å². The van der Waals surface area contributed by atoms with E-state index in [2.05, 4.69) is 21.9 Å². The molecule has 6 nitrogen and oxygen atoms in total. The molecule has 84 valence electrons. The van der Waals surface area contributed by atoms with Crippen molar-refractivity contribution in [1.29, 1.82) is 5.41 Å². The van der Waals surface area contributed by atoms with Crippen LogP contribution in [0.5, 0.6) is 0 Å². The van der Waals surface area contributed by atoms with Gasteiger partial charge in [-0.2, -0.15) is 0 Å². The molecule has 0 aliphatic carbocycles. The Balaban J connectivity index is 2.90. The summed E-state index contributed by atoms with van der Waals surface area (Å²) in [7, 11) is 0. The zero-order valence-corrected chi connectivity index (χ0v) is 8.72. The number of nitrogens with zero attached hydrogens (tertiary/aromatic N) is 2. The van der Waals surface area contributed by atoms with E-state index in [1.165, 1.54) is 6.08 Å². The Labute approximate surface area is 93.6 Å². The first-order valence-electron chi connectivity index (χ1n) is 4.62. The topological polar surface area (TPSA) is 113 Å². The van der Waals surface area contributed by atoms with Crippen LogP contribution in [0.4, 0.5) is 5.82 Å². The molecule has 1 aromatic rings. The molecule has 1 heterocycles. The van der Waals surface area contributed by atoms with Crippen molar-refractivity contribution in [3.63, 3.8) is 0 Å². The van der Waals surface area contributed by atoms with Gasteiger partial charge in [0.1, 0.15) is 0 Å². The number of rotatable bonds is 3. The lowest BCUT2D eigenvalue weighted by atomic mass is 10.4. The summed E-state index contributed by atoms with van der Waals surface area (Å²) in [5.74, 6) is 0.422. The number of nitrogens with two attached hydrogens (primary N) is 2. The zero-order chi connectivity index (χ0) is 12.0. The van der Waals surface area contributed by atoms with Gasteiger partial charge >= 0.3 is 0 Å². The fourth-order valence-corrected chi connectivity index (χ4v) is 0.921. The van der Waals surface area contributed by atoms with Gasteiger partial charge in [-0.1, -0.05) is 18.7 Å². The van der Waals surface area contributed by atoms with Gasteiger partial charge in [0.15, 0.2) is 17.5 Å². The first kappa shape index (κ1) is 11.9. The van der Waals surface area contributed by atoms with Gasteiger partial charge in [0, 0.05) is 6.20 Å². The summed E-state index contributed by atoms with van der Waals surface area (Å²) in [5, 5.41) is 10.1. The largest absolute Gasteiger partial charge is 0.381 e. The van der Waals surface area contributed by atoms with Crippen LogP contribution in [-0.2, 0) is 0 Å². The molecule has 0 aliphatic heterocycles. The Morgan fingerprint density at radius 1 is 1.62 bits per heavy atom. The third kappa shape index (κ3) is 3.50. The van der Waals surface area contributed by atoms with Crippen LogP contribution in [-0.4, -0.2) is 22.8 Å². The van der Waals surface area contributed by atoms with Crippen LogP contribution in [0.2, 0.25) is 0 Å². The van der Waals surface area contributed by atoms with Gasteiger partial charge in [0.2, 0.25) is 0 Å². The van der Waals surface area contributed by atoms with E-state index in [0.717, 1.165) is 0 Å².